The van der Waals surface area contributed by atoms with Crippen LogP contribution in [-0.4, -0.2) is 63.5 Å². The normalized spacial score (nSPS) is 31.0. The number of nitrogens with zero attached hydrogens (tertiary/aromatic N) is 1. The van der Waals surface area contributed by atoms with Crippen LogP contribution in [0, 0.1) is 5.92 Å². The average Bonchev–Trinajstić information content (AvgIpc) is 2.84. The van der Waals surface area contributed by atoms with E-state index in [9.17, 15) is 0 Å². The molecule has 2 unspecified atom stereocenters. The van der Waals surface area contributed by atoms with Gasteiger partial charge in [-0.2, -0.15) is 0 Å². The number of likely N-dealkylation sites (tertiary alicyclic amines) is 1. The molecular formula is C14H28N2O2. The first-order valence-electron chi connectivity index (χ1n) is 7.39. The molecule has 106 valence electrons. The highest BCUT2D eigenvalue weighted by Crippen LogP contribution is 2.19. The quantitative estimate of drug-likeness (QED) is 0.772. The summed E-state index contributed by atoms with van der Waals surface area (Å²) in [5.74, 6) is 0.663. The van der Waals surface area contributed by atoms with Crippen molar-refractivity contribution in [3.63, 3.8) is 0 Å². The molecule has 4 nitrogen and oxygen atoms in total. The van der Waals surface area contributed by atoms with Gasteiger partial charge in [0, 0.05) is 38.7 Å². The molecule has 0 aromatic carbocycles. The summed E-state index contributed by atoms with van der Waals surface area (Å²) in [5, 5.41) is 3.61. The molecule has 0 radical (unpaired) electrons. The Morgan fingerprint density at radius 1 is 1.28 bits per heavy atom. The molecule has 2 rings (SSSR count). The summed E-state index contributed by atoms with van der Waals surface area (Å²) in [6.07, 6.45) is 4.03. The van der Waals surface area contributed by atoms with Gasteiger partial charge in [0.2, 0.25) is 0 Å². The maximum Gasteiger partial charge on any atom is 0.0623 e. The van der Waals surface area contributed by atoms with Crippen LogP contribution >= 0.6 is 0 Å². The van der Waals surface area contributed by atoms with Gasteiger partial charge in [0.25, 0.3) is 0 Å². The molecule has 2 heterocycles. The predicted molar refractivity (Wildman–Crippen MR) is 72.9 cm³/mol. The minimum absolute atomic E-state index is 0.482. The van der Waals surface area contributed by atoms with E-state index < -0.39 is 0 Å². The maximum absolute atomic E-state index is 5.64. The predicted octanol–water partition coefficient (Wildman–Crippen LogP) is 1.11. The van der Waals surface area contributed by atoms with Gasteiger partial charge in [-0.15, -0.1) is 0 Å². The molecule has 0 aromatic rings. The first-order chi connectivity index (χ1) is 8.83. The Labute approximate surface area is 111 Å². The van der Waals surface area contributed by atoms with Crippen molar-refractivity contribution in [1.82, 2.24) is 10.2 Å². The van der Waals surface area contributed by atoms with Gasteiger partial charge in [-0.05, 0) is 25.8 Å². The van der Waals surface area contributed by atoms with E-state index in [1.165, 1.54) is 38.9 Å². The number of ether oxygens (including phenoxy) is 2. The summed E-state index contributed by atoms with van der Waals surface area (Å²) in [6, 6.07) is 0.560. The average molecular weight is 256 g/mol. The number of methoxy groups -OCH3 is 1. The molecule has 0 aliphatic carbocycles. The smallest absolute Gasteiger partial charge is 0.0623 e. The second-order valence-corrected chi connectivity index (χ2v) is 5.59. The van der Waals surface area contributed by atoms with Crippen LogP contribution < -0.4 is 5.32 Å². The molecular weight excluding hydrogens is 228 g/mol. The van der Waals surface area contributed by atoms with E-state index in [0.29, 0.717) is 18.1 Å². The summed E-state index contributed by atoms with van der Waals surface area (Å²) in [5.41, 5.74) is 0. The van der Waals surface area contributed by atoms with Crippen LogP contribution in [0.5, 0.6) is 0 Å². The third kappa shape index (κ3) is 3.92. The van der Waals surface area contributed by atoms with Crippen LogP contribution in [0.1, 0.15) is 26.2 Å². The van der Waals surface area contributed by atoms with Crippen LogP contribution in [0.3, 0.4) is 0 Å². The van der Waals surface area contributed by atoms with Crippen molar-refractivity contribution < 1.29 is 9.47 Å². The molecule has 2 saturated heterocycles. The van der Waals surface area contributed by atoms with Crippen LogP contribution in [0.25, 0.3) is 0 Å². The van der Waals surface area contributed by atoms with Crippen molar-refractivity contribution in [2.45, 2.75) is 38.3 Å². The lowest BCUT2D eigenvalue weighted by atomic mass is 10.0. The second kappa shape index (κ2) is 7.43. The van der Waals surface area contributed by atoms with E-state index in [4.69, 9.17) is 9.47 Å². The molecule has 2 aliphatic heterocycles. The van der Waals surface area contributed by atoms with Crippen molar-refractivity contribution in [3.05, 3.63) is 0 Å². The van der Waals surface area contributed by atoms with Crippen molar-refractivity contribution in [1.29, 1.82) is 0 Å². The molecule has 2 fully saturated rings. The summed E-state index contributed by atoms with van der Waals surface area (Å²) < 4.78 is 11.1. The first-order valence-corrected chi connectivity index (χ1v) is 7.39. The Bertz CT molecular complexity index is 230. The maximum atomic E-state index is 5.64. The van der Waals surface area contributed by atoms with E-state index in [2.05, 4.69) is 17.1 Å². The van der Waals surface area contributed by atoms with Gasteiger partial charge in [0.15, 0.2) is 0 Å². The van der Waals surface area contributed by atoms with Crippen molar-refractivity contribution in [3.8, 4) is 0 Å². The van der Waals surface area contributed by atoms with Crippen LogP contribution in [0.4, 0.5) is 0 Å². The Morgan fingerprint density at radius 3 is 2.72 bits per heavy atom. The molecule has 0 saturated carbocycles. The van der Waals surface area contributed by atoms with Gasteiger partial charge in [-0.1, -0.05) is 6.92 Å². The van der Waals surface area contributed by atoms with Gasteiger partial charge in [-0.3, -0.25) is 0 Å². The molecule has 18 heavy (non-hydrogen) atoms. The highest BCUT2D eigenvalue weighted by Gasteiger charge is 2.30. The SMILES string of the molecule is CCCNC1COCC1CN1CCC(OC)CC1. The zero-order valence-electron chi connectivity index (χ0n) is 11.9. The van der Waals surface area contributed by atoms with Gasteiger partial charge in [-0.25, -0.2) is 0 Å². The minimum Gasteiger partial charge on any atom is -0.381 e. The number of piperidine rings is 1. The Morgan fingerprint density at radius 2 is 2.06 bits per heavy atom. The molecule has 4 heteroatoms. The monoisotopic (exact) mass is 256 g/mol. The standard InChI is InChI=1S/C14H28N2O2/c1-3-6-15-14-11-18-10-12(14)9-16-7-4-13(17-2)5-8-16/h12-15H,3-11H2,1-2H3. The number of hydrogen-bond acceptors (Lipinski definition) is 4. The summed E-state index contributed by atoms with van der Waals surface area (Å²) >= 11 is 0. The third-order valence-electron chi connectivity index (χ3n) is 4.22. The highest BCUT2D eigenvalue weighted by molar-refractivity contribution is 4.85. The largest absolute Gasteiger partial charge is 0.381 e. The first kappa shape index (κ1) is 14.3. The lowest BCUT2D eigenvalue weighted by molar-refractivity contribution is 0.0351. The topological polar surface area (TPSA) is 33.7 Å². The number of nitrogens with one attached hydrogen (secondary N) is 1. The molecule has 2 atom stereocenters. The molecule has 0 aromatic heterocycles. The summed E-state index contributed by atoms with van der Waals surface area (Å²) in [7, 11) is 1.83. The minimum atomic E-state index is 0.482. The summed E-state index contributed by atoms with van der Waals surface area (Å²) in [4.78, 5) is 2.58. The van der Waals surface area contributed by atoms with Crippen molar-refractivity contribution in [2.24, 2.45) is 5.92 Å². The van der Waals surface area contributed by atoms with E-state index >= 15 is 0 Å². The van der Waals surface area contributed by atoms with E-state index in [-0.39, 0.29) is 0 Å². The fraction of sp³-hybridized carbons (Fsp3) is 1.00. The molecule has 0 amide bonds. The Kier molecular flexibility index (Phi) is 5.89. The third-order valence-corrected chi connectivity index (χ3v) is 4.22. The second-order valence-electron chi connectivity index (χ2n) is 5.59. The highest BCUT2D eigenvalue weighted by atomic mass is 16.5. The molecule has 0 bridgehead atoms. The molecule has 0 spiro atoms. The molecule has 1 N–H and O–H groups in total. The zero-order valence-corrected chi connectivity index (χ0v) is 11.9. The van der Waals surface area contributed by atoms with E-state index in [0.717, 1.165) is 19.8 Å². The fourth-order valence-electron chi connectivity index (χ4n) is 2.99. The lowest BCUT2D eigenvalue weighted by Gasteiger charge is -2.33. The Hall–Kier alpha value is -0.160. The number of hydrogen-bond donors (Lipinski definition) is 1. The summed E-state index contributed by atoms with van der Waals surface area (Å²) in [6.45, 7) is 8.66. The van der Waals surface area contributed by atoms with Crippen molar-refractivity contribution >= 4 is 0 Å². The Balaban J connectivity index is 1.71. The van der Waals surface area contributed by atoms with Gasteiger partial charge >= 0.3 is 0 Å². The zero-order chi connectivity index (χ0) is 12.8. The fourth-order valence-corrected chi connectivity index (χ4v) is 2.99. The van der Waals surface area contributed by atoms with Gasteiger partial charge in [0.05, 0.1) is 19.3 Å². The van der Waals surface area contributed by atoms with Gasteiger partial charge in [0.1, 0.15) is 0 Å². The van der Waals surface area contributed by atoms with E-state index in [1.807, 2.05) is 7.11 Å². The van der Waals surface area contributed by atoms with Crippen LogP contribution in [0.2, 0.25) is 0 Å². The van der Waals surface area contributed by atoms with Gasteiger partial charge < -0.3 is 19.7 Å². The van der Waals surface area contributed by atoms with Crippen LogP contribution in [-0.2, 0) is 9.47 Å². The number of rotatable bonds is 6. The molecule has 2 aliphatic rings. The lowest BCUT2D eigenvalue weighted by Crippen LogP contribution is -2.45. The van der Waals surface area contributed by atoms with Crippen LogP contribution in [0.15, 0.2) is 0 Å². The van der Waals surface area contributed by atoms with Crippen molar-refractivity contribution in [2.75, 3.05) is 46.5 Å². The van der Waals surface area contributed by atoms with E-state index in [1.54, 1.807) is 0 Å².